The highest BCUT2D eigenvalue weighted by Crippen LogP contribution is 2.33. The predicted octanol–water partition coefficient (Wildman–Crippen LogP) is 2.87. The zero-order valence-electron chi connectivity index (χ0n) is 10.7. The highest BCUT2D eigenvalue weighted by Gasteiger charge is 2.43. The molecule has 3 nitrogen and oxygen atoms in total. The molecule has 0 spiro atoms. The molecule has 0 radical (unpaired) electrons. The van der Waals surface area contributed by atoms with Gasteiger partial charge in [0.2, 0.25) is 0 Å². The number of hydrogen-bond acceptors (Lipinski definition) is 3. The number of rotatable bonds is 5. The predicted molar refractivity (Wildman–Crippen MR) is 71.6 cm³/mol. The summed E-state index contributed by atoms with van der Waals surface area (Å²) in [7, 11) is 1.43. The molecule has 1 aromatic carbocycles. The van der Waals surface area contributed by atoms with Gasteiger partial charge in [-0.15, -0.1) is 0 Å². The lowest BCUT2D eigenvalue weighted by Gasteiger charge is -2.31. The van der Waals surface area contributed by atoms with Gasteiger partial charge in [0.25, 0.3) is 0 Å². The SMILES string of the molecule is CCC(NC1CC1)(C(=O)OC)c1ccc(Cl)cc1. The van der Waals surface area contributed by atoms with Crippen LogP contribution in [0.15, 0.2) is 24.3 Å². The Labute approximate surface area is 112 Å². The third-order valence-electron chi connectivity index (χ3n) is 3.43. The Morgan fingerprint density at radius 1 is 1.44 bits per heavy atom. The molecule has 4 heteroatoms. The second kappa shape index (κ2) is 5.29. The number of methoxy groups -OCH3 is 1. The summed E-state index contributed by atoms with van der Waals surface area (Å²) < 4.78 is 4.99. The zero-order valence-corrected chi connectivity index (χ0v) is 11.5. The molecular weight excluding hydrogens is 250 g/mol. The Hall–Kier alpha value is -1.06. The van der Waals surface area contributed by atoms with Gasteiger partial charge in [-0.1, -0.05) is 30.7 Å². The average Bonchev–Trinajstić information content (AvgIpc) is 3.20. The van der Waals surface area contributed by atoms with Gasteiger partial charge in [-0.25, -0.2) is 4.79 Å². The van der Waals surface area contributed by atoms with E-state index in [0.29, 0.717) is 17.5 Å². The molecular formula is C14H18ClNO2. The number of esters is 1. The Kier molecular flexibility index (Phi) is 3.93. The number of benzene rings is 1. The maximum atomic E-state index is 12.2. The highest BCUT2D eigenvalue weighted by molar-refractivity contribution is 6.30. The third kappa shape index (κ3) is 2.52. The topological polar surface area (TPSA) is 38.3 Å². The van der Waals surface area contributed by atoms with Crippen molar-refractivity contribution in [3.63, 3.8) is 0 Å². The molecule has 1 saturated carbocycles. The van der Waals surface area contributed by atoms with E-state index in [1.165, 1.54) is 7.11 Å². The Balaban J connectivity index is 2.37. The minimum absolute atomic E-state index is 0.237. The van der Waals surface area contributed by atoms with Crippen molar-refractivity contribution in [3.05, 3.63) is 34.9 Å². The zero-order chi connectivity index (χ0) is 13.2. The first kappa shape index (κ1) is 13.4. The summed E-state index contributed by atoms with van der Waals surface area (Å²) in [6, 6.07) is 7.80. The monoisotopic (exact) mass is 267 g/mol. The summed E-state index contributed by atoms with van der Waals surface area (Å²) in [6.45, 7) is 1.99. The Bertz CT molecular complexity index is 428. The summed E-state index contributed by atoms with van der Waals surface area (Å²) in [6.07, 6.45) is 2.89. The fraction of sp³-hybridized carbons (Fsp3) is 0.500. The van der Waals surface area contributed by atoms with Crippen LogP contribution in [0.3, 0.4) is 0 Å². The van der Waals surface area contributed by atoms with E-state index in [4.69, 9.17) is 16.3 Å². The van der Waals surface area contributed by atoms with Crippen molar-refractivity contribution in [2.24, 2.45) is 0 Å². The van der Waals surface area contributed by atoms with Crippen LogP contribution < -0.4 is 5.32 Å². The molecule has 1 fully saturated rings. The second-order valence-electron chi connectivity index (χ2n) is 4.68. The van der Waals surface area contributed by atoms with Gasteiger partial charge in [0.15, 0.2) is 0 Å². The smallest absolute Gasteiger partial charge is 0.330 e. The molecule has 0 aliphatic heterocycles. The summed E-state index contributed by atoms with van der Waals surface area (Å²) in [5, 5.41) is 4.09. The summed E-state index contributed by atoms with van der Waals surface area (Å²) in [4.78, 5) is 12.2. The third-order valence-corrected chi connectivity index (χ3v) is 3.68. The van der Waals surface area contributed by atoms with Crippen molar-refractivity contribution in [1.29, 1.82) is 0 Å². The van der Waals surface area contributed by atoms with Gasteiger partial charge >= 0.3 is 5.97 Å². The number of hydrogen-bond donors (Lipinski definition) is 1. The van der Waals surface area contributed by atoms with Crippen LogP contribution >= 0.6 is 11.6 Å². The van der Waals surface area contributed by atoms with E-state index in [1.54, 1.807) is 12.1 Å². The molecule has 0 bridgehead atoms. The molecule has 0 saturated heterocycles. The van der Waals surface area contributed by atoms with Gasteiger partial charge in [0.05, 0.1) is 7.11 Å². The van der Waals surface area contributed by atoms with Crippen LogP contribution in [0.25, 0.3) is 0 Å². The number of ether oxygens (including phenoxy) is 1. The first-order valence-corrected chi connectivity index (χ1v) is 6.62. The van der Waals surface area contributed by atoms with E-state index in [9.17, 15) is 4.79 Å². The van der Waals surface area contributed by atoms with Gasteiger partial charge < -0.3 is 4.74 Å². The molecule has 0 aromatic heterocycles. The lowest BCUT2D eigenvalue weighted by atomic mass is 9.87. The first-order chi connectivity index (χ1) is 8.62. The van der Waals surface area contributed by atoms with Gasteiger partial charge in [0, 0.05) is 11.1 Å². The maximum absolute atomic E-state index is 12.2. The molecule has 0 amide bonds. The lowest BCUT2D eigenvalue weighted by Crippen LogP contribution is -2.50. The van der Waals surface area contributed by atoms with E-state index in [1.807, 2.05) is 19.1 Å². The summed E-state index contributed by atoms with van der Waals surface area (Å²) >= 11 is 5.90. The number of carbonyl (C=O) groups excluding carboxylic acids is 1. The first-order valence-electron chi connectivity index (χ1n) is 6.24. The maximum Gasteiger partial charge on any atom is 0.330 e. The van der Waals surface area contributed by atoms with Gasteiger partial charge in [-0.3, -0.25) is 5.32 Å². The number of carbonyl (C=O) groups is 1. The fourth-order valence-corrected chi connectivity index (χ4v) is 2.32. The molecule has 2 rings (SSSR count). The number of halogens is 1. The summed E-state index contributed by atoms with van der Waals surface area (Å²) in [5.74, 6) is -0.237. The van der Waals surface area contributed by atoms with Crippen LogP contribution in [-0.2, 0) is 15.1 Å². The summed E-state index contributed by atoms with van der Waals surface area (Å²) in [5.41, 5.74) is 0.161. The molecule has 1 aromatic rings. The van der Waals surface area contributed by atoms with Crippen molar-refractivity contribution in [3.8, 4) is 0 Å². The normalized spacial score (nSPS) is 18.2. The van der Waals surface area contributed by atoms with Crippen molar-refractivity contribution < 1.29 is 9.53 Å². The number of nitrogens with one attached hydrogen (secondary N) is 1. The van der Waals surface area contributed by atoms with Crippen LogP contribution in [0.4, 0.5) is 0 Å². The minimum Gasteiger partial charge on any atom is -0.467 e. The lowest BCUT2D eigenvalue weighted by molar-refractivity contribution is -0.149. The largest absolute Gasteiger partial charge is 0.467 e. The second-order valence-corrected chi connectivity index (χ2v) is 5.11. The van der Waals surface area contributed by atoms with Crippen LogP contribution in [0, 0.1) is 0 Å². The Morgan fingerprint density at radius 3 is 2.50 bits per heavy atom. The minimum atomic E-state index is -0.749. The quantitative estimate of drug-likeness (QED) is 0.834. The molecule has 1 aliphatic carbocycles. The van der Waals surface area contributed by atoms with Gasteiger partial charge in [-0.05, 0) is 37.0 Å². The van der Waals surface area contributed by atoms with E-state index in [0.717, 1.165) is 18.4 Å². The van der Waals surface area contributed by atoms with Crippen molar-refractivity contribution >= 4 is 17.6 Å². The molecule has 0 heterocycles. The highest BCUT2D eigenvalue weighted by atomic mass is 35.5. The average molecular weight is 268 g/mol. The van der Waals surface area contributed by atoms with Crippen LogP contribution in [0.2, 0.25) is 5.02 Å². The molecule has 1 N–H and O–H groups in total. The van der Waals surface area contributed by atoms with E-state index >= 15 is 0 Å². The molecule has 98 valence electrons. The molecule has 1 aliphatic rings. The molecule has 18 heavy (non-hydrogen) atoms. The van der Waals surface area contributed by atoms with Crippen LogP contribution in [0.1, 0.15) is 31.7 Å². The van der Waals surface area contributed by atoms with Crippen molar-refractivity contribution in [2.45, 2.75) is 37.8 Å². The van der Waals surface area contributed by atoms with Gasteiger partial charge in [-0.2, -0.15) is 0 Å². The Morgan fingerprint density at radius 2 is 2.06 bits per heavy atom. The molecule has 1 atom stereocenters. The van der Waals surface area contributed by atoms with Crippen molar-refractivity contribution in [1.82, 2.24) is 5.32 Å². The van der Waals surface area contributed by atoms with Gasteiger partial charge in [0.1, 0.15) is 5.54 Å². The van der Waals surface area contributed by atoms with Crippen LogP contribution in [0.5, 0.6) is 0 Å². The van der Waals surface area contributed by atoms with Crippen molar-refractivity contribution in [2.75, 3.05) is 7.11 Å². The van der Waals surface area contributed by atoms with Crippen LogP contribution in [-0.4, -0.2) is 19.1 Å². The standard InChI is InChI=1S/C14H18ClNO2/c1-3-14(13(17)18-2,16-12-8-9-12)10-4-6-11(15)7-5-10/h4-7,12,16H,3,8-9H2,1-2H3. The fourth-order valence-electron chi connectivity index (χ4n) is 2.20. The van der Waals surface area contributed by atoms with E-state index < -0.39 is 5.54 Å². The molecule has 1 unspecified atom stereocenters. The van der Waals surface area contributed by atoms with E-state index in [2.05, 4.69) is 5.32 Å². The van der Waals surface area contributed by atoms with E-state index in [-0.39, 0.29) is 5.97 Å².